The van der Waals surface area contributed by atoms with Gasteiger partial charge in [0.1, 0.15) is 0 Å². The number of carboxylic acids is 1. The van der Waals surface area contributed by atoms with Gasteiger partial charge in [-0.2, -0.15) is 0 Å². The van der Waals surface area contributed by atoms with Gasteiger partial charge in [-0.25, -0.2) is 0 Å². The predicted octanol–water partition coefficient (Wildman–Crippen LogP) is 3.52. The molecule has 0 aliphatic heterocycles. The Labute approximate surface area is 134 Å². The molecule has 0 heterocycles. The maximum atomic E-state index is 12.4. The number of anilines is 1. The quantitative estimate of drug-likeness (QED) is 0.908. The first-order chi connectivity index (χ1) is 11.1. The molecule has 0 atom stereocenters. The van der Waals surface area contributed by atoms with Crippen molar-refractivity contribution in [3.05, 3.63) is 41.5 Å². The first-order valence-electron chi connectivity index (χ1n) is 8.16. The third-order valence-electron chi connectivity index (χ3n) is 5.41. The minimum atomic E-state index is -0.848. The van der Waals surface area contributed by atoms with Gasteiger partial charge in [-0.15, -0.1) is 0 Å². The summed E-state index contributed by atoms with van der Waals surface area (Å²) in [6.45, 7) is 0. The van der Waals surface area contributed by atoms with Crippen LogP contribution in [0.2, 0.25) is 0 Å². The lowest BCUT2D eigenvalue weighted by atomic mass is 9.66. The average Bonchev–Trinajstić information content (AvgIpc) is 2.90. The van der Waals surface area contributed by atoms with Gasteiger partial charge in [0.25, 0.3) is 0 Å². The number of benzene rings is 2. The number of rotatable bonds is 4. The van der Waals surface area contributed by atoms with E-state index in [0.717, 1.165) is 30.3 Å². The highest BCUT2D eigenvalue weighted by atomic mass is 16.4. The molecule has 0 bridgehead atoms. The summed E-state index contributed by atoms with van der Waals surface area (Å²) in [5.41, 5.74) is 2.60. The SMILES string of the molecule is O=C(CC1(C(=O)O)CCC1)Nc1ccc2c3c(cccc13)CC2. The number of aliphatic carboxylic acids is 1. The van der Waals surface area contributed by atoms with E-state index in [4.69, 9.17) is 0 Å². The number of carboxylic acid groups (broad SMARTS) is 1. The lowest BCUT2D eigenvalue weighted by Crippen LogP contribution is -2.41. The van der Waals surface area contributed by atoms with E-state index in [2.05, 4.69) is 17.4 Å². The van der Waals surface area contributed by atoms with Gasteiger partial charge in [-0.05, 0) is 48.3 Å². The van der Waals surface area contributed by atoms with Gasteiger partial charge in [0.05, 0.1) is 5.41 Å². The molecule has 0 unspecified atom stereocenters. The average molecular weight is 309 g/mol. The molecule has 4 rings (SSSR count). The van der Waals surface area contributed by atoms with Crippen molar-refractivity contribution in [2.24, 2.45) is 5.41 Å². The number of carbonyl (C=O) groups excluding carboxylic acids is 1. The number of hydrogen-bond donors (Lipinski definition) is 2. The summed E-state index contributed by atoms with van der Waals surface area (Å²) in [6, 6.07) is 10.2. The molecule has 2 aromatic carbocycles. The molecule has 4 nitrogen and oxygen atoms in total. The lowest BCUT2D eigenvalue weighted by molar-refractivity contribution is -0.157. The molecule has 1 amide bonds. The lowest BCUT2D eigenvalue weighted by Gasteiger charge is -2.36. The molecule has 2 N–H and O–H groups in total. The number of amides is 1. The second kappa shape index (κ2) is 5.08. The van der Waals surface area contributed by atoms with Gasteiger partial charge < -0.3 is 10.4 Å². The van der Waals surface area contributed by atoms with Crippen molar-refractivity contribution < 1.29 is 14.7 Å². The van der Waals surface area contributed by atoms with Crippen molar-refractivity contribution in [2.75, 3.05) is 5.32 Å². The van der Waals surface area contributed by atoms with E-state index in [1.54, 1.807) is 0 Å². The molecule has 4 heteroatoms. The van der Waals surface area contributed by atoms with Crippen LogP contribution in [0.1, 0.15) is 36.8 Å². The minimum absolute atomic E-state index is 0.0608. The van der Waals surface area contributed by atoms with Crippen LogP contribution in [0.5, 0.6) is 0 Å². The molecule has 23 heavy (non-hydrogen) atoms. The standard InChI is InChI=1S/C19H19NO3/c21-16(11-19(18(22)23)9-2-10-19)20-15-8-7-13-6-5-12-3-1-4-14(15)17(12)13/h1,3-4,7-8H,2,5-6,9-11H2,(H,20,21)(H,22,23). The van der Waals surface area contributed by atoms with Crippen LogP contribution in [0.25, 0.3) is 10.8 Å². The van der Waals surface area contributed by atoms with E-state index in [-0.39, 0.29) is 12.3 Å². The molecule has 2 aliphatic rings. The molecule has 2 aliphatic carbocycles. The van der Waals surface area contributed by atoms with Crippen LogP contribution in [0, 0.1) is 5.41 Å². The molecule has 1 fully saturated rings. The van der Waals surface area contributed by atoms with Crippen molar-refractivity contribution in [2.45, 2.75) is 38.5 Å². The zero-order valence-electron chi connectivity index (χ0n) is 12.9. The van der Waals surface area contributed by atoms with Crippen LogP contribution in [0.15, 0.2) is 30.3 Å². The van der Waals surface area contributed by atoms with Crippen LogP contribution >= 0.6 is 0 Å². The second-order valence-electron chi connectivity index (χ2n) is 6.78. The monoisotopic (exact) mass is 309 g/mol. The summed E-state index contributed by atoms with van der Waals surface area (Å²) in [7, 11) is 0. The Balaban J connectivity index is 1.61. The summed E-state index contributed by atoms with van der Waals surface area (Å²) < 4.78 is 0. The van der Waals surface area contributed by atoms with Gasteiger partial charge in [0.2, 0.25) is 5.91 Å². The van der Waals surface area contributed by atoms with Crippen LogP contribution in [0.3, 0.4) is 0 Å². The van der Waals surface area contributed by atoms with Crippen molar-refractivity contribution in [1.29, 1.82) is 0 Å². The van der Waals surface area contributed by atoms with Crippen molar-refractivity contribution in [3.63, 3.8) is 0 Å². The molecule has 0 radical (unpaired) electrons. The smallest absolute Gasteiger partial charge is 0.310 e. The van der Waals surface area contributed by atoms with Gasteiger partial charge in [0, 0.05) is 17.5 Å². The van der Waals surface area contributed by atoms with Crippen LogP contribution in [-0.2, 0) is 22.4 Å². The number of hydrogen-bond acceptors (Lipinski definition) is 2. The summed E-state index contributed by atoms with van der Waals surface area (Å²) in [6.07, 6.45) is 4.24. The third kappa shape index (κ3) is 2.21. The van der Waals surface area contributed by atoms with Crippen molar-refractivity contribution in [1.82, 2.24) is 0 Å². The maximum Gasteiger partial charge on any atom is 0.310 e. The van der Waals surface area contributed by atoms with E-state index >= 15 is 0 Å². The van der Waals surface area contributed by atoms with E-state index in [1.807, 2.05) is 18.2 Å². The predicted molar refractivity (Wildman–Crippen MR) is 88.5 cm³/mol. The summed E-state index contributed by atoms with van der Waals surface area (Å²) in [4.78, 5) is 23.8. The first-order valence-corrected chi connectivity index (χ1v) is 8.16. The van der Waals surface area contributed by atoms with Gasteiger partial charge >= 0.3 is 5.97 Å². The normalized spacial score (nSPS) is 17.7. The molecule has 0 saturated heterocycles. The van der Waals surface area contributed by atoms with Crippen LogP contribution < -0.4 is 5.32 Å². The largest absolute Gasteiger partial charge is 0.481 e. The van der Waals surface area contributed by atoms with Gasteiger partial charge in [-0.1, -0.05) is 30.7 Å². The van der Waals surface area contributed by atoms with E-state index in [9.17, 15) is 14.7 Å². The van der Waals surface area contributed by atoms with Gasteiger partial charge in [-0.3, -0.25) is 9.59 Å². The topological polar surface area (TPSA) is 66.4 Å². The molecular weight excluding hydrogens is 290 g/mol. The first kappa shape index (κ1) is 14.2. The molecule has 2 aromatic rings. The Hall–Kier alpha value is -2.36. The zero-order valence-corrected chi connectivity index (χ0v) is 12.9. The number of nitrogens with one attached hydrogen (secondary N) is 1. The molecular formula is C19H19NO3. The Morgan fingerprint density at radius 1 is 1.09 bits per heavy atom. The summed E-state index contributed by atoms with van der Waals surface area (Å²) >= 11 is 0. The van der Waals surface area contributed by atoms with Crippen molar-refractivity contribution >= 4 is 28.3 Å². The third-order valence-corrected chi connectivity index (χ3v) is 5.41. The van der Waals surface area contributed by atoms with Crippen molar-refractivity contribution in [3.8, 4) is 0 Å². The van der Waals surface area contributed by atoms with Crippen LogP contribution in [0.4, 0.5) is 5.69 Å². The Kier molecular flexibility index (Phi) is 3.15. The van der Waals surface area contributed by atoms with E-state index in [0.29, 0.717) is 12.8 Å². The Morgan fingerprint density at radius 3 is 2.48 bits per heavy atom. The van der Waals surface area contributed by atoms with E-state index < -0.39 is 11.4 Å². The Morgan fingerprint density at radius 2 is 1.83 bits per heavy atom. The fourth-order valence-electron chi connectivity index (χ4n) is 3.93. The summed E-state index contributed by atoms with van der Waals surface area (Å²) in [5.74, 6) is -1.05. The zero-order chi connectivity index (χ0) is 16.0. The van der Waals surface area contributed by atoms with E-state index in [1.165, 1.54) is 16.5 Å². The Bertz CT molecular complexity index is 810. The maximum absolute atomic E-state index is 12.4. The fourth-order valence-corrected chi connectivity index (χ4v) is 3.93. The number of aryl methyl sites for hydroxylation is 2. The van der Waals surface area contributed by atoms with Gasteiger partial charge in [0.15, 0.2) is 0 Å². The fraction of sp³-hybridized carbons (Fsp3) is 0.368. The molecule has 118 valence electrons. The highest BCUT2D eigenvalue weighted by Crippen LogP contribution is 2.44. The molecule has 1 saturated carbocycles. The minimum Gasteiger partial charge on any atom is -0.481 e. The molecule has 0 spiro atoms. The summed E-state index contributed by atoms with van der Waals surface area (Å²) in [5, 5.41) is 14.6. The van der Waals surface area contributed by atoms with Crippen LogP contribution in [-0.4, -0.2) is 17.0 Å². The highest BCUT2D eigenvalue weighted by Gasteiger charge is 2.45. The number of carbonyl (C=O) groups is 2. The molecule has 0 aromatic heterocycles. The highest BCUT2D eigenvalue weighted by molar-refractivity contribution is 6.05. The second-order valence-corrected chi connectivity index (χ2v) is 6.78.